The first kappa shape index (κ1) is 28.0. The summed E-state index contributed by atoms with van der Waals surface area (Å²) in [6.45, 7) is -0.0168. The molecular formula is C24H25F3N6O5S2. The van der Waals surface area contributed by atoms with Crippen molar-refractivity contribution >= 4 is 39.2 Å². The fraction of sp³-hybridized carbons (Fsp3) is 0.417. The van der Waals surface area contributed by atoms with Crippen molar-refractivity contribution in [2.24, 2.45) is 10.9 Å². The average molecular weight is 599 g/mol. The first-order valence-electron chi connectivity index (χ1n) is 12.1. The average Bonchev–Trinajstić information content (AvgIpc) is 3.58. The smallest absolute Gasteiger partial charge is 0.335 e. The van der Waals surface area contributed by atoms with E-state index in [1.54, 1.807) is 16.2 Å². The molecule has 3 N–H and O–H groups in total. The second kappa shape index (κ2) is 10.2. The summed E-state index contributed by atoms with van der Waals surface area (Å²) in [6, 6.07) is 1.22. The van der Waals surface area contributed by atoms with E-state index in [4.69, 9.17) is 0 Å². The van der Waals surface area contributed by atoms with E-state index in [1.165, 1.54) is 41.5 Å². The summed E-state index contributed by atoms with van der Waals surface area (Å²) in [7, 11) is -3.90. The molecule has 214 valence electrons. The Morgan fingerprint density at radius 1 is 1.30 bits per heavy atom. The van der Waals surface area contributed by atoms with Gasteiger partial charge in [0.2, 0.25) is 10.0 Å². The Morgan fingerprint density at radius 2 is 2.05 bits per heavy atom. The van der Waals surface area contributed by atoms with Crippen molar-refractivity contribution in [1.29, 1.82) is 0 Å². The number of fused-ring (bicyclic) bond motifs is 1. The molecule has 0 saturated carbocycles. The topological polar surface area (TPSA) is 144 Å². The molecule has 2 amide bonds. The van der Waals surface area contributed by atoms with Crippen LogP contribution in [0.3, 0.4) is 0 Å². The molecule has 0 bridgehead atoms. The number of carboxylic acid groups (broad SMARTS) is 1. The van der Waals surface area contributed by atoms with Crippen LogP contribution in [-0.2, 0) is 14.8 Å². The second-order valence-electron chi connectivity index (χ2n) is 9.92. The van der Waals surface area contributed by atoms with Gasteiger partial charge in [0, 0.05) is 43.0 Å². The quantitative estimate of drug-likeness (QED) is 0.458. The standard InChI is InChI=1S/C24H25F3N6O5S2/c1-12-13(4-3-5-15(12)25)19-18(22(34)35)16(29-20(30-19)21-28-6-7-39-21)9-33-11-24(26,27)14-8-32(10-17(14)33)23(36)31-40(2,37)38/h3-7,14,17,19H,8-11H2,1-2H3,(H,29,30)(H,31,36)(H,34,35)/t14-,17+,19?/m1/s1. The third kappa shape index (κ3) is 5.30. The van der Waals surface area contributed by atoms with Crippen LogP contribution in [0.5, 0.6) is 0 Å². The van der Waals surface area contributed by atoms with Gasteiger partial charge in [0.15, 0.2) is 10.8 Å². The third-order valence-electron chi connectivity index (χ3n) is 7.23. The minimum atomic E-state index is -3.90. The van der Waals surface area contributed by atoms with E-state index >= 15 is 8.78 Å². The van der Waals surface area contributed by atoms with Crippen molar-refractivity contribution in [2.45, 2.75) is 24.9 Å². The molecule has 0 aliphatic carbocycles. The van der Waals surface area contributed by atoms with Crippen LogP contribution in [0, 0.1) is 18.7 Å². The number of carboxylic acids is 1. The zero-order chi connectivity index (χ0) is 29.0. The van der Waals surface area contributed by atoms with E-state index in [9.17, 15) is 27.5 Å². The maximum atomic E-state index is 15.1. The molecule has 11 nitrogen and oxygen atoms in total. The van der Waals surface area contributed by atoms with Crippen LogP contribution in [0.4, 0.5) is 18.0 Å². The van der Waals surface area contributed by atoms with Crippen LogP contribution >= 0.6 is 11.3 Å². The number of nitrogens with one attached hydrogen (secondary N) is 2. The van der Waals surface area contributed by atoms with Gasteiger partial charge in [0.05, 0.1) is 24.3 Å². The Labute approximate surface area is 231 Å². The highest BCUT2D eigenvalue weighted by molar-refractivity contribution is 7.89. The molecule has 3 atom stereocenters. The first-order valence-corrected chi connectivity index (χ1v) is 14.9. The molecule has 2 aromatic rings. The van der Waals surface area contributed by atoms with Gasteiger partial charge in [-0.1, -0.05) is 12.1 Å². The molecule has 5 rings (SSSR count). The number of likely N-dealkylation sites (tertiary alicyclic amines) is 2. The molecule has 1 aromatic heterocycles. The minimum absolute atomic E-state index is 0.0804. The first-order chi connectivity index (χ1) is 18.7. The molecule has 40 heavy (non-hydrogen) atoms. The molecule has 3 aliphatic rings. The number of carbonyl (C=O) groups excluding carboxylic acids is 1. The number of thiazole rings is 1. The van der Waals surface area contributed by atoms with Crippen LogP contribution in [0.25, 0.3) is 0 Å². The Bertz CT molecular complexity index is 1530. The van der Waals surface area contributed by atoms with Gasteiger partial charge in [-0.25, -0.2) is 40.9 Å². The number of urea groups is 1. The highest BCUT2D eigenvalue weighted by Crippen LogP contribution is 2.43. The fourth-order valence-electron chi connectivity index (χ4n) is 5.41. The van der Waals surface area contributed by atoms with Gasteiger partial charge in [-0.3, -0.25) is 9.89 Å². The number of halogens is 3. The molecule has 1 unspecified atom stereocenters. The van der Waals surface area contributed by atoms with E-state index in [2.05, 4.69) is 15.3 Å². The Hall–Kier alpha value is -3.50. The van der Waals surface area contributed by atoms with Crippen LogP contribution in [0.15, 0.2) is 46.0 Å². The lowest BCUT2D eigenvalue weighted by Crippen LogP contribution is -2.46. The molecule has 3 aliphatic heterocycles. The number of rotatable bonds is 6. The van der Waals surface area contributed by atoms with Crippen LogP contribution in [-0.4, -0.2) is 90.5 Å². The van der Waals surface area contributed by atoms with Crippen molar-refractivity contribution in [3.05, 3.63) is 63.0 Å². The van der Waals surface area contributed by atoms with Crippen LogP contribution in [0.2, 0.25) is 0 Å². The molecule has 4 heterocycles. The van der Waals surface area contributed by atoms with Crippen molar-refractivity contribution < 1.29 is 36.3 Å². The number of alkyl halides is 2. The lowest BCUT2D eigenvalue weighted by molar-refractivity contribution is -0.133. The number of amidine groups is 1. The summed E-state index contributed by atoms with van der Waals surface area (Å²) in [6.07, 6.45) is 2.32. The van der Waals surface area contributed by atoms with Gasteiger partial charge in [-0.15, -0.1) is 11.3 Å². The molecule has 0 spiro atoms. The maximum Gasteiger partial charge on any atom is 0.335 e. The van der Waals surface area contributed by atoms with Gasteiger partial charge >= 0.3 is 12.0 Å². The molecule has 0 radical (unpaired) electrons. The summed E-state index contributed by atoms with van der Waals surface area (Å²) in [4.78, 5) is 36.1. The normalized spacial score (nSPS) is 24.5. The summed E-state index contributed by atoms with van der Waals surface area (Å²) in [5.41, 5.74) is 0.354. The van der Waals surface area contributed by atoms with Crippen molar-refractivity contribution in [1.82, 2.24) is 24.8 Å². The predicted octanol–water partition coefficient (Wildman–Crippen LogP) is 1.94. The Balaban J connectivity index is 1.52. The van der Waals surface area contributed by atoms with Crippen LogP contribution in [0.1, 0.15) is 22.2 Å². The van der Waals surface area contributed by atoms with Gasteiger partial charge in [0.25, 0.3) is 5.92 Å². The Morgan fingerprint density at radius 3 is 2.70 bits per heavy atom. The molecule has 2 saturated heterocycles. The Kier molecular flexibility index (Phi) is 7.12. The van der Waals surface area contributed by atoms with Crippen LogP contribution < -0.4 is 10.0 Å². The molecule has 2 fully saturated rings. The summed E-state index contributed by atoms with van der Waals surface area (Å²) < 4.78 is 69.5. The fourth-order valence-corrected chi connectivity index (χ4v) is 6.44. The van der Waals surface area contributed by atoms with Gasteiger partial charge in [-0.2, -0.15) is 0 Å². The van der Waals surface area contributed by atoms with Gasteiger partial charge in [-0.05, 0) is 24.1 Å². The highest BCUT2D eigenvalue weighted by atomic mass is 32.2. The van der Waals surface area contributed by atoms with E-state index < -0.39 is 58.3 Å². The third-order valence-corrected chi connectivity index (χ3v) is 8.56. The number of amides is 2. The molecular weight excluding hydrogens is 573 g/mol. The minimum Gasteiger partial charge on any atom is -0.478 e. The molecule has 1 aromatic carbocycles. The van der Waals surface area contributed by atoms with E-state index in [-0.39, 0.29) is 42.3 Å². The summed E-state index contributed by atoms with van der Waals surface area (Å²) >= 11 is 1.23. The molecule has 16 heteroatoms. The van der Waals surface area contributed by atoms with Crippen molar-refractivity contribution in [3.8, 4) is 0 Å². The number of benzene rings is 1. The second-order valence-corrected chi connectivity index (χ2v) is 12.6. The summed E-state index contributed by atoms with van der Waals surface area (Å²) in [5, 5.41) is 15.3. The predicted molar refractivity (Wildman–Crippen MR) is 139 cm³/mol. The monoisotopic (exact) mass is 598 g/mol. The number of hydrogen-bond donors (Lipinski definition) is 3. The van der Waals surface area contributed by atoms with E-state index in [1.807, 2.05) is 0 Å². The number of hydrogen-bond acceptors (Lipinski definition) is 9. The van der Waals surface area contributed by atoms with E-state index in [0.717, 1.165) is 11.2 Å². The number of sulfonamides is 1. The number of aliphatic imine (C=N–C) groups is 1. The number of aromatic nitrogens is 1. The van der Waals surface area contributed by atoms with Gasteiger partial charge < -0.3 is 15.3 Å². The largest absolute Gasteiger partial charge is 0.478 e. The van der Waals surface area contributed by atoms with Gasteiger partial charge in [0.1, 0.15) is 11.9 Å². The zero-order valence-corrected chi connectivity index (χ0v) is 22.9. The lowest BCUT2D eigenvalue weighted by atomic mass is 9.92. The summed E-state index contributed by atoms with van der Waals surface area (Å²) in [5.74, 6) is -6.21. The van der Waals surface area contributed by atoms with Crippen molar-refractivity contribution in [3.63, 3.8) is 0 Å². The highest BCUT2D eigenvalue weighted by Gasteiger charge is 2.59. The number of carbonyl (C=O) groups is 2. The number of aliphatic carboxylic acids is 1. The number of nitrogens with zero attached hydrogens (tertiary/aromatic N) is 4. The SMILES string of the molecule is Cc1c(F)cccc1C1N=C(c2nccs2)NC(CN2CC(F)(F)[C@@H]3CN(C(=O)NS(C)(=O)=O)C[C@@H]32)=C1C(=O)O. The lowest BCUT2D eigenvalue weighted by Gasteiger charge is -2.31. The van der Waals surface area contributed by atoms with Crippen molar-refractivity contribution in [2.75, 3.05) is 32.4 Å². The maximum absolute atomic E-state index is 15.1. The zero-order valence-electron chi connectivity index (χ0n) is 21.3. The van der Waals surface area contributed by atoms with E-state index in [0.29, 0.717) is 10.6 Å².